The van der Waals surface area contributed by atoms with E-state index in [4.69, 9.17) is 4.74 Å². The number of alkyl halides is 3. The van der Waals surface area contributed by atoms with Crippen LogP contribution in [0.2, 0.25) is 0 Å². The van der Waals surface area contributed by atoms with Crippen LogP contribution in [0.25, 0.3) is 0 Å². The summed E-state index contributed by atoms with van der Waals surface area (Å²) >= 11 is 0. The highest BCUT2D eigenvalue weighted by Crippen LogP contribution is 2.31. The second-order valence-corrected chi connectivity index (χ2v) is 10.5. The van der Waals surface area contributed by atoms with E-state index >= 15 is 0 Å². The van der Waals surface area contributed by atoms with Crippen LogP contribution in [0.1, 0.15) is 31.7 Å². The van der Waals surface area contributed by atoms with E-state index in [0.717, 1.165) is 18.4 Å². The molecule has 2 aromatic rings. The number of hydrogen-bond donors (Lipinski definition) is 1. The number of rotatable bonds is 6. The Balaban J connectivity index is 1.20. The number of nitrogens with one attached hydrogen (secondary N) is 1. The minimum atomic E-state index is -4.79. The number of pyridine rings is 1. The van der Waals surface area contributed by atoms with Crippen molar-refractivity contribution < 1.29 is 27.5 Å². The molecule has 214 valence electrons. The summed E-state index contributed by atoms with van der Waals surface area (Å²) in [6.07, 6.45) is -4.24. The van der Waals surface area contributed by atoms with Crippen molar-refractivity contribution in [3.63, 3.8) is 0 Å². The van der Waals surface area contributed by atoms with Gasteiger partial charge in [-0.1, -0.05) is 37.3 Å². The van der Waals surface area contributed by atoms with Crippen molar-refractivity contribution in [1.29, 1.82) is 0 Å². The Labute approximate surface area is 231 Å². The molecule has 2 fully saturated rings. The molecular weight excluding hydrogens is 525 g/mol. The number of hydrogen-bond acceptors (Lipinski definition) is 7. The third kappa shape index (κ3) is 6.61. The van der Waals surface area contributed by atoms with E-state index in [-0.39, 0.29) is 11.6 Å². The number of carbonyl (C=O) groups is 2. The summed E-state index contributed by atoms with van der Waals surface area (Å²) in [5, 5.41) is 2.50. The molecule has 0 spiro atoms. The molecule has 2 saturated heterocycles. The Morgan fingerprint density at radius 3 is 2.60 bits per heavy atom. The van der Waals surface area contributed by atoms with E-state index in [1.54, 1.807) is 17.0 Å². The van der Waals surface area contributed by atoms with E-state index < -0.39 is 30.3 Å². The fraction of sp³-hybridized carbons (Fsp3) is 0.500. The quantitative estimate of drug-likeness (QED) is 0.582. The Morgan fingerprint density at radius 2 is 1.90 bits per heavy atom. The molecule has 4 heterocycles. The van der Waals surface area contributed by atoms with Crippen LogP contribution in [0.4, 0.5) is 24.7 Å². The number of anilines is 2. The molecule has 0 aliphatic carbocycles. The van der Waals surface area contributed by atoms with Crippen LogP contribution in [0.3, 0.4) is 0 Å². The molecule has 1 N–H and O–H groups in total. The Hall–Kier alpha value is -3.51. The lowest BCUT2D eigenvalue weighted by Gasteiger charge is -2.33. The third-order valence-electron chi connectivity index (χ3n) is 7.43. The van der Waals surface area contributed by atoms with Gasteiger partial charge in [0.25, 0.3) is 5.91 Å². The summed E-state index contributed by atoms with van der Waals surface area (Å²) in [5.74, 6) is 0.0382. The SMILES string of the molecule is CC1CCCN(C2N=C(C(F)(F)F)C(C(=O)Nc3ccc(N4CCC(=O)N(Cc5ccccc5)CC4)nc3)O2)C1. The summed E-state index contributed by atoms with van der Waals surface area (Å²) in [4.78, 5) is 39.3. The topological polar surface area (TPSA) is 90.4 Å². The lowest BCUT2D eigenvalue weighted by Crippen LogP contribution is -2.44. The van der Waals surface area contributed by atoms with Gasteiger partial charge in [0.15, 0.2) is 11.8 Å². The fourth-order valence-electron chi connectivity index (χ4n) is 5.33. The molecule has 1 aromatic heterocycles. The van der Waals surface area contributed by atoms with Crippen molar-refractivity contribution in [3.05, 3.63) is 54.2 Å². The Bertz CT molecular complexity index is 1220. The number of piperidine rings is 1. The first-order chi connectivity index (χ1) is 19.2. The molecule has 0 bridgehead atoms. The van der Waals surface area contributed by atoms with Gasteiger partial charge in [-0.05, 0) is 36.5 Å². The summed E-state index contributed by atoms with van der Waals surface area (Å²) in [7, 11) is 0. The van der Waals surface area contributed by atoms with Crippen LogP contribution in [-0.2, 0) is 20.9 Å². The van der Waals surface area contributed by atoms with Crippen molar-refractivity contribution in [3.8, 4) is 0 Å². The van der Waals surface area contributed by atoms with Gasteiger partial charge >= 0.3 is 6.18 Å². The molecule has 3 aliphatic heterocycles. The van der Waals surface area contributed by atoms with Gasteiger partial charge in [0.05, 0.1) is 11.9 Å². The van der Waals surface area contributed by atoms with Crippen LogP contribution >= 0.6 is 0 Å². The van der Waals surface area contributed by atoms with Gasteiger partial charge in [-0.2, -0.15) is 13.2 Å². The highest BCUT2D eigenvalue weighted by atomic mass is 19.4. The number of benzene rings is 1. The van der Waals surface area contributed by atoms with Crippen molar-refractivity contribution in [1.82, 2.24) is 14.8 Å². The number of aromatic nitrogens is 1. The summed E-state index contributed by atoms with van der Waals surface area (Å²) in [6.45, 7) is 5.29. The molecule has 0 saturated carbocycles. The van der Waals surface area contributed by atoms with Gasteiger partial charge in [-0.15, -0.1) is 0 Å². The maximum absolute atomic E-state index is 13.7. The number of ether oxygens (including phenoxy) is 1. The lowest BCUT2D eigenvalue weighted by atomic mass is 10.0. The number of carbonyl (C=O) groups excluding carboxylic acids is 2. The number of nitrogens with zero attached hydrogens (tertiary/aromatic N) is 5. The molecular formula is C28H33F3N6O3. The summed E-state index contributed by atoms with van der Waals surface area (Å²) < 4.78 is 46.8. The number of amides is 2. The van der Waals surface area contributed by atoms with Gasteiger partial charge in [0.1, 0.15) is 5.82 Å². The molecule has 5 rings (SSSR count). The average Bonchev–Trinajstić information content (AvgIpc) is 3.33. The number of halogens is 3. The predicted octanol–water partition coefficient (Wildman–Crippen LogP) is 3.68. The predicted molar refractivity (Wildman–Crippen MR) is 144 cm³/mol. The second kappa shape index (κ2) is 11.9. The maximum atomic E-state index is 13.7. The largest absolute Gasteiger partial charge is 0.432 e. The van der Waals surface area contributed by atoms with E-state index in [2.05, 4.69) is 15.3 Å². The van der Waals surface area contributed by atoms with Gasteiger partial charge in [-0.3, -0.25) is 14.5 Å². The van der Waals surface area contributed by atoms with Gasteiger partial charge in [0.2, 0.25) is 12.3 Å². The standard InChI is InChI=1S/C28H33F3N6O3/c1-19-6-5-12-37(17-19)27-34-25(28(29,30)31)24(40-27)26(39)33-21-9-10-22(32-16-21)35-13-11-23(38)36(15-14-35)18-20-7-3-2-4-8-20/h2-4,7-10,16,19,24,27H,5-6,11-15,17-18H2,1H3,(H,33,39). The summed E-state index contributed by atoms with van der Waals surface area (Å²) in [6, 6.07) is 13.0. The average molecular weight is 559 g/mol. The van der Waals surface area contributed by atoms with Crippen molar-refractivity contribution in [2.75, 3.05) is 42.9 Å². The van der Waals surface area contributed by atoms with Crippen LogP contribution in [0.15, 0.2) is 53.7 Å². The van der Waals surface area contributed by atoms with Gasteiger partial charge < -0.3 is 19.9 Å². The monoisotopic (exact) mass is 558 g/mol. The zero-order chi connectivity index (χ0) is 28.3. The van der Waals surface area contributed by atoms with Crippen LogP contribution in [0, 0.1) is 5.92 Å². The van der Waals surface area contributed by atoms with Crippen molar-refractivity contribution in [2.24, 2.45) is 10.9 Å². The first kappa shape index (κ1) is 28.0. The smallest absolute Gasteiger partial charge is 0.354 e. The first-order valence-corrected chi connectivity index (χ1v) is 13.6. The van der Waals surface area contributed by atoms with Gasteiger partial charge in [-0.25, -0.2) is 9.98 Å². The fourth-order valence-corrected chi connectivity index (χ4v) is 5.33. The van der Waals surface area contributed by atoms with Crippen LogP contribution in [-0.4, -0.2) is 83.7 Å². The van der Waals surface area contributed by atoms with Crippen molar-refractivity contribution >= 4 is 29.0 Å². The molecule has 40 heavy (non-hydrogen) atoms. The lowest BCUT2D eigenvalue weighted by molar-refractivity contribution is -0.134. The van der Waals surface area contributed by atoms with Crippen molar-refractivity contribution in [2.45, 2.75) is 51.4 Å². The molecule has 3 aliphatic rings. The highest BCUT2D eigenvalue weighted by Gasteiger charge is 2.50. The Kier molecular flexibility index (Phi) is 8.36. The molecule has 3 atom stereocenters. The highest BCUT2D eigenvalue weighted by molar-refractivity contribution is 6.14. The second-order valence-electron chi connectivity index (χ2n) is 10.5. The molecule has 1 aromatic carbocycles. The van der Waals surface area contributed by atoms with Crippen LogP contribution < -0.4 is 10.2 Å². The minimum absolute atomic E-state index is 0.0613. The first-order valence-electron chi connectivity index (χ1n) is 13.6. The Morgan fingerprint density at radius 1 is 1.10 bits per heavy atom. The number of aliphatic imine (C=N–C) groups is 1. The minimum Gasteiger partial charge on any atom is -0.354 e. The molecule has 0 radical (unpaired) electrons. The molecule has 12 heteroatoms. The summed E-state index contributed by atoms with van der Waals surface area (Å²) in [5.41, 5.74) is 0.0712. The normalized spacial score (nSPS) is 24.6. The van der Waals surface area contributed by atoms with E-state index in [0.29, 0.717) is 57.4 Å². The maximum Gasteiger partial charge on any atom is 0.432 e. The molecule has 3 unspecified atom stereocenters. The third-order valence-corrected chi connectivity index (χ3v) is 7.43. The molecule has 2 amide bonds. The number of likely N-dealkylation sites (tertiary alicyclic amines) is 1. The zero-order valence-electron chi connectivity index (χ0n) is 22.3. The van der Waals surface area contributed by atoms with E-state index in [1.165, 1.54) is 6.20 Å². The van der Waals surface area contributed by atoms with E-state index in [9.17, 15) is 22.8 Å². The van der Waals surface area contributed by atoms with Crippen LogP contribution in [0.5, 0.6) is 0 Å². The van der Waals surface area contributed by atoms with Gasteiger partial charge in [0, 0.05) is 45.7 Å². The zero-order valence-corrected chi connectivity index (χ0v) is 22.3. The van der Waals surface area contributed by atoms with E-state index in [1.807, 2.05) is 47.1 Å². The molecule has 9 nitrogen and oxygen atoms in total.